The first kappa shape index (κ1) is 10.2. The molecule has 0 aliphatic carbocycles. The third-order valence-electron chi connectivity index (χ3n) is 2.02. The summed E-state index contributed by atoms with van der Waals surface area (Å²) in [7, 11) is 0. The number of rotatable bonds is 5. The van der Waals surface area contributed by atoms with E-state index in [4.69, 9.17) is 9.47 Å². The third-order valence-corrected chi connectivity index (χ3v) is 2.02. The van der Waals surface area contributed by atoms with Gasteiger partial charge >= 0.3 is 5.97 Å². The van der Waals surface area contributed by atoms with Crippen LogP contribution in [0.25, 0.3) is 0 Å². The molecule has 0 spiro atoms. The second-order valence-corrected chi connectivity index (χ2v) is 3.21. The van der Waals surface area contributed by atoms with Gasteiger partial charge in [-0.05, 0) is 20.3 Å². The van der Waals surface area contributed by atoms with Gasteiger partial charge in [0.05, 0.1) is 13.2 Å². The lowest BCUT2D eigenvalue weighted by Crippen LogP contribution is -2.27. The zero-order valence-corrected chi connectivity index (χ0v) is 7.96. The van der Waals surface area contributed by atoms with E-state index < -0.39 is 5.60 Å². The maximum Gasteiger partial charge on any atom is 0.340 e. The van der Waals surface area contributed by atoms with Crippen molar-refractivity contribution in [3.05, 3.63) is 0 Å². The van der Waals surface area contributed by atoms with Crippen molar-refractivity contribution in [2.24, 2.45) is 0 Å². The van der Waals surface area contributed by atoms with Gasteiger partial charge in [0.1, 0.15) is 5.78 Å². The second-order valence-electron chi connectivity index (χ2n) is 3.21. The van der Waals surface area contributed by atoms with Crippen LogP contribution in [0.2, 0.25) is 0 Å². The summed E-state index contributed by atoms with van der Waals surface area (Å²) in [5.74, 6) is -0.268. The van der Waals surface area contributed by atoms with Gasteiger partial charge in [-0.1, -0.05) is 0 Å². The van der Waals surface area contributed by atoms with Crippen molar-refractivity contribution in [1.29, 1.82) is 0 Å². The Kier molecular flexibility index (Phi) is 3.03. The molecule has 0 bridgehead atoms. The van der Waals surface area contributed by atoms with E-state index in [-0.39, 0.29) is 11.8 Å². The number of ketones is 1. The Labute approximate surface area is 77.2 Å². The van der Waals surface area contributed by atoms with Crippen LogP contribution in [0.5, 0.6) is 0 Å². The lowest BCUT2D eigenvalue weighted by molar-refractivity contribution is -0.149. The van der Waals surface area contributed by atoms with Gasteiger partial charge in [0, 0.05) is 6.42 Å². The highest BCUT2D eigenvalue weighted by Crippen LogP contribution is 2.33. The Hall–Kier alpha value is -0.900. The number of esters is 1. The molecule has 1 atom stereocenters. The fraction of sp³-hybridized carbons (Fsp3) is 0.778. The molecule has 4 heteroatoms. The highest BCUT2D eigenvalue weighted by molar-refractivity contribution is 5.84. The summed E-state index contributed by atoms with van der Waals surface area (Å²) < 4.78 is 9.86. The molecule has 0 aromatic carbocycles. The van der Waals surface area contributed by atoms with Crippen LogP contribution in [-0.4, -0.2) is 30.6 Å². The summed E-state index contributed by atoms with van der Waals surface area (Å²) in [6, 6.07) is 0. The molecule has 1 aliphatic rings. The molecule has 4 nitrogen and oxygen atoms in total. The largest absolute Gasteiger partial charge is 0.464 e. The topological polar surface area (TPSA) is 55.9 Å². The molecular formula is C9H14O4. The van der Waals surface area contributed by atoms with E-state index >= 15 is 0 Å². The minimum absolute atomic E-state index is 0.0687. The fourth-order valence-corrected chi connectivity index (χ4v) is 1.09. The molecule has 0 amide bonds. The molecule has 13 heavy (non-hydrogen) atoms. The minimum atomic E-state index is -0.790. The third kappa shape index (κ3) is 2.52. The van der Waals surface area contributed by atoms with Gasteiger partial charge in [-0.2, -0.15) is 0 Å². The molecular weight excluding hydrogens is 172 g/mol. The second kappa shape index (κ2) is 3.87. The Morgan fingerprint density at radius 3 is 2.54 bits per heavy atom. The molecule has 0 aromatic rings. The number of Topliss-reactive ketones (excluding diaryl/α,β-unsaturated/α-hetero) is 1. The molecule has 1 heterocycles. The SMILES string of the molecule is CCOC(=O)C1(CCC(C)=O)CO1. The first-order valence-electron chi connectivity index (χ1n) is 4.41. The van der Waals surface area contributed by atoms with Gasteiger partial charge in [-0.3, -0.25) is 0 Å². The van der Waals surface area contributed by atoms with Crippen molar-refractivity contribution in [3.8, 4) is 0 Å². The van der Waals surface area contributed by atoms with Crippen molar-refractivity contribution in [1.82, 2.24) is 0 Å². The number of carbonyl (C=O) groups excluding carboxylic acids is 2. The van der Waals surface area contributed by atoms with Crippen LogP contribution < -0.4 is 0 Å². The van der Waals surface area contributed by atoms with Gasteiger partial charge in [-0.25, -0.2) is 4.79 Å². The minimum Gasteiger partial charge on any atom is -0.464 e. The lowest BCUT2D eigenvalue weighted by atomic mass is 10.0. The van der Waals surface area contributed by atoms with E-state index in [9.17, 15) is 9.59 Å². The summed E-state index contributed by atoms with van der Waals surface area (Å²) in [5.41, 5.74) is -0.790. The van der Waals surface area contributed by atoms with Crippen LogP contribution in [0.15, 0.2) is 0 Å². The highest BCUT2D eigenvalue weighted by atomic mass is 16.6. The Balaban J connectivity index is 2.38. The number of carbonyl (C=O) groups is 2. The van der Waals surface area contributed by atoms with Crippen LogP contribution >= 0.6 is 0 Å². The first-order chi connectivity index (χ1) is 6.10. The average molecular weight is 186 g/mol. The molecule has 0 aromatic heterocycles. The number of epoxide rings is 1. The predicted octanol–water partition coefficient (Wildman–Crippen LogP) is 0.688. The highest BCUT2D eigenvalue weighted by Gasteiger charge is 2.53. The van der Waals surface area contributed by atoms with Gasteiger partial charge in [0.25, 0.3) is 0 Å². The normalized spacial score (nSPS) is 25.4. The smallest absolute Gasteiger partial charge is 0.340 e. The Morgan fingerprint density at radius 1 is 1.54 bits per heavy atom. The molecule has 0 N–H and O–H groups in total. The molecule has 1 fully saturated rings. The Bertz CT molecular complexity index is 218. The van der Waals surface area contributed by atoms with E-state index in [0.717, 1.165) is 0 Å². The Morgan fingerprint density at radius 2 is 2.15 bits per heavy atom. The van der Waals surface area contributed by atoms with E-state index in [1.165, 1.54) is 6.92 Å². The van der Waals surface area contributed by atoms with Crippen LogP contribution in [0.4, 0.5) is 0 Å². The zero-order valence-electron chi connectivity index (χ0n) is 7.96. The van der Waals surface area contributed by atoms with Crippen molar-refractivity contribution in [2.45, 2.75) is 32.3 Å². The molecule has 0 radical (unpaired) electrons. The molecule has 74 valence electrons. The summed E-state index contributed by atoms with van der Waals surface area (Å²) in [6.07, 6.45) is 0.819. The van der Waals surface area contributed by atoms with Crippen molar-refractivity contribution >= 4 is 11.8 Å². The molecule has 1 aliphatic heterocycles. The first-order valence-corrected chi connectivity index (χ1v) is 4.41. The summed E-state index contributed by atoms with van der Waals surface area (Å²) in [4.78, 5) is 22.0. The molecule has 1 saturated heterocycles. The van der Waals surface area contributed by atoms with Crippen LogP contribution in [0.3, 0.4) is 0 Å². The van der Waals surface area contributed by atoms with Gasteiger partial charge in [0.15, 0.2) is 5.60 Å². The predicted molar refractivity (Wildman–Crippen MR) is 45.2 cm³/mol. The van der Waals surface area contributed by atoms with Crippen LogP contribution in [-0.2, 0) is 19.1 Å². The lowest BCUT2D eigenvalue weighted by Gasteiger charge is -2.08. The number of ether oxygens (including phenoxy) is 2. The van der Waals surface area contributed by atoms with Gasteiger partial charge in [-0.15, -0.1) is 0 Å². The summed E-state index contributed by atoms with van der Waals surface area (Å²) >= 11 is 0. The van der Waals surface area contributed by atoms with Crippen molar-refractivity contribution < 1.29 is 19.1 Å². The number of hydrogen-bond acceptors (Lipinski definition) is 4. The fourth-order valence-electron chi connectivity index (χ4n) is 1.09. The van der Waals surface area contributed by atoms with Crippen molar-refractivity contribution in [2.75, 3.05) is 13.2 Å². The van der Waals surface area contributed by atoms with Crippen LogP contribution in [0, 0.1) is 0 Å². The van der Waals surface area contributed by atoms with Crippen molar-refractivity contribution in [3.63, 3.8) is 0 Å². The summed E-state index contributed by atoms with van der Waals surface area (Å²) in [5, 5.41) is 0. The van der Waals surface area contributed by atoms with E-state index in [1.54, 1.807) is 6.92 Å². The molecule has 1 rings (SSSR count). The van der Waals surface area contributed by atoms with E-state index in [1.807, 2.05) is 0 Å². The van der Waals surface area contributed by atoms with E-state index in [0.29, 0.717) is 26.1 Å². The monoisotopic (exact) mass is 186 g/mol. The average Bonchev–Trinajstić information content (AvgIpc) is 2.82. The zero-order chi connectivity index (χ0) is 9.90. The maximum absolute atomic E-state index is 11.3. The maximum atomic E-state index is 11.3. The molecule has 1 unspecified atom stereocenters. The van der Waals surface area contributed by atoms with Gasteiger partial charge < -0.3 is 14.3 Å². The quantitative estimate of drug-likeness (QED) is 0.468. The van der Waals surface area contributed by atoms with Crippen LogP contribution in [0.1, 0.15) is 26.7 Å². The van der Waals surface area contributed by atoms with E-state index in [2.05, 4.69) is 0 Å². The standard InChI is InChI=1S/C9H14O4/c1-3-12-8(11)9(6-13-9)5-4-7(2)10/h3-6H2,1-2H3. The summed E-state index contributed by atoms with van der Waals surface area (Å²) in [6.45, 7) is 3.99. The molecule has 0 saturated carbocycles. The van der Waals surface area contributed by atoms with Gasteiger partial charge in [0.2, 0.25) is 0 Å². The number of hydrogen-bond donors (Lipinski definition) is 0.